The van der Waals surface area contributed by atoms with Gasteiger partial charge in [0.2, 0.25) is 0 Å². The van der Waals surface area contributed by atoms with Crippen LogP contribution in [0.2, 0.25) is 0 Å². The molecule has 6 aromatic heterocycles. The Morgan fingerprint density at radius 1 is 0.362 bits per heavy atom. The summed E-state index contributed by atoms with van der Waals surface area (Å²) < 4.78 is 10.1. The number of para-hydroxylation sites is 1. The molecule has 6 heterocycles. The van der Waals surface area contributed by atoms with Gasteiger partial charge in [0.15, 0.2) is 5.82 Å². The number of fused-ring (bicyclic) bond motifs is 13. The fraction of sp³-hybridized carbons (Fsp3) is 0. The molecule has 0 saturated heterocycles. The van der Waals surface area contributed by atoms with Crippen molar-refractivity contribution in [3.63, 3.8) is 0 Å². The van der Waals surface area contributed by atoms with Crippen LogP contribution >= 0.6 is 22.7 Å². The zero-order valence-electron chi connectivity index (χ0n) is 30.6. The van der Waals surface area contributed by atoms with Gasteiger partial charge in [0.25, 0.3) is 0 Å². The molecule has 0 aliphatic rings. The van der Waals surface area contributed by atoms with Gasteiger partial charge in [-0.15, -0.1) is 22.7 Å². The molecular formula is C52H26N4S2. The molecule has 58 heavy (non-hydrogen) atoms. The highest BCUT2D eigenvalue weighted by molar-refractivity contribution is 7.26. The molecule has 0 unspecified atom stereocenters. The largest absolute Gasteiger partial charge is 0.308 e. The highest BCUT2D eigenvalue weighted by Gasteiger charge is 2.28. The Labute approximate surface area is 336 Å². The lowest BCUT2D eigenvalue weighted by Gasteiger charge is -2.16. The van der Waals surface area contributed by atoms with Crippen LogP contribution in [0.4, 0.5) is 0 Å². The van der Waals surface area contributed by atoms with Crippen molar-refractivity contribution in [3.8, 4) is 17.1 Å². The summed E-state index contributed by atoms with van der Waals surface area (Å²) in [7, 11) is 0. The molecule has 0 N–H and O–H groups in total. The summed E-state index contributed by atoms with van der Waals surface area (Å²) in [6, 6.07) is 58.0. The van der Waals surface area contributed by atoms with E-state index >= 15 is 0 Å². The van der Waals surface area contributed by atoms with Crippen LogP contribution in [0.3, 0.4) is 0 Å². The van der Waals surface area contributed by atoms with Crippen LogP contribution < -0.4 is 0 Å². The average molecular weight is 771 g/mol. The van der Waals surface area contributed by atoms with E-state index in [1.807, 2.05) is 22.7 Å². The molecule has 0 spiro atoms. The summed E-state index contributed by atoms with van der Waals surface area (Å²) in [6.07, 6.45) is 0. The van der Waals surface area contributed by atoms with Crippen LogP contribution in [0.5, 0.6) is 0 Å². The molecule has 0 fully saturated rings. The van der Waals surface area contributed by atoms with Crippen LogP contribution in [0.1, 0.15) is 0 Å². The lowest BCUT2D eigenvalue weighted by molar-refractivity contribution is 1.08. The van der Waals surface area contributed by atoms with Gasteiger partial charge >= 0.3 is 0 Å². The zero-order chi connectivity index (χ0) is 37.4. The summed E-state index contributed by atoms with van der Waals surface area (Å²) in [5.41, 5.74) is 9.76. The SMILES string of the molecule is c1ccc2c(c1)sc1cc(-c3nc4c5ccccc5c5ccccc5c4nc3-n3c4ccc5sc6ccc7c8ccccc8n8c9cccc3c9c4c5c6c78)ccc12. The Morgan fingerprint density at radius 3 is 1.81 bits per heavy atom. The molecule has 0 saturated carbocycles. The molecule has 9 aromatic carbocycles. The Bertz CT molecular complexity index is 4270. The molecule has 4 nitrogen and oxygen atoms in total. The number of hydrogen-bond acceptors (Lipinski definition) is 4. The zero-order valence-corrected chi connectivity index (χ0v) is 32.2. The van der Waals surface area contributed by atoms with Gasteiger partial charge in [0, 0.05) is 78.2 Å². The topological polar surface area (TPSA) is 35.1 Å². The average Bonchev–Trinajstić information content (AvgIpc) is 4.01. The Morgan fingerprint density at radius 2 is 0.966 bits per heavy atom. The molecule has 0 aliphatic heterocycles. The molecule has 6 heteroatoms. The number of benzene rings is 9. The fourth-order valence-electron chi connectivity index (χ4n) is 10.5. The number of thiophene rings is 2. The molecule has 0 bridgehead atoms. The molecule has 15 aromatic rings. The van der Waals surface area contributed by atoms with Crippen molar-refractivity contribution in [1.29, 1.82) is 0 Å². The van der Waals surface area contributed by atoms with Crippen molar-refractivity contribution in [3.05, 3.63) is 158 Å². The molecule has 0 radical (unpaired) electrons. The highest BCUT2D eigenvalue weighted by atomic mass is 32.1. The first kappa shape index (κ1) is 30.1. The maximum absolute atomic E-state index is 5.85. The van der Waals surface area contributed by atoms with Gasteiger partial charge in [0.1, 0.15) is 5.69 Å². The van der Waals surface area contributed by atoms with Crippen LogP contribution in [0.15, 0.2) is 158 Å². The number of rotatable bonds is 2. The fourth-order valence-corrected chi connectivity index (χ4v) is 12.7. The van der Waals surface area contributed by atoms with E-state index in [4.69, 9.17) is 9.97 Å². The minimum absolute atomic E-state index is 0.840. The lowest BCUT2D eigenvalue weighted by Crippen LogP contribution is -2.04. The van der Waals surface area contributed by atoms with E-state index in [0.29, 0.717) is 0 Å². The maximum Gasteiger partial charge on any atom is 0.165 e. The second-order valence-electron chi connectivity index (χ2n) is 15.6. The van der Waals surface area contributed by atoms with Crippen molar-refractivity contribution in [2.45, 2.75) is 0 Å². The van der Waals surface area contributed by atoms with Gasteiger partial charge in [-0.1, -0.05) is 109 Å². The molecule has 266 valence electrons. The molecule has 15 rings (SSSR count). The smallest absolute Gasteiger partial charge is 0.165 e. The molecular weight excluding hydrogens is 745 g/mol. The monoisotopic (exact) mass is 770 g/mol. The van der Waals surface area contributed by atoms with Gasteiger partial charge in [0.05, 0.1) is 38.6 Å². The van der Waals surface area contributed by atoms with Gasteiger partial charge in [-0.2, -0.15) is 0 Å². The minimum atomic E-state index is 0.840. The summed E-state index contributed by atoms with van der Waals surface area (Å²) >= 11 is 3.74. The quantitative estimate of drug-likeness (QED) is 0.164. The first-order chi connectivity index (χ1) is 28.8. The third kappa shape index (κ3) is 3.54. The summed E-state index contributed by atoms with van der Waals surface area (Å²) in [4.78, 5) is 11.6. The molecule has 0 amide bonds. The third-order valence-corrected chi connectivity index (χ3v) is 15.1. The van der Waals surface area contributed by atoms with Crippen molar-refractivity contribution < 1.29 is 0 Å². The van der Waals surface area contributed by atoms with Gasteiger partial charge in [-0.05, 0) is 59.3 Å². The number of nitrogens with zero attached hydrogens (tertiary/aromatic N) is 4. The van der Waals surface area contributed by atoms with Crippen LogP contribution in [0.25, 0.3) is 139 Å². The summed E-state index contributed by atoms with van der Waals surface area (Å²) in [5, 5.41) is 14.9. The van der Waals surface area contributed by atoms with E-state index in [2.05, 4.69) is 167 Å². The van der Waals surface area contributed by atoms with E-state index in [9.17, 15) is 0 Å². The Hall–Kier alpha value is -7.12. The van der Waals surface area contributed by atoms with Crippen LogP contribution in [-0.4, -0.2) is 18.9 Å². The Balaban J connectivity index is 1.17. The van der Waals surface area contributed by atoms with E-state index < -0.39 is 0 Å². The maximum atomic E-state index is 5.85. The van der Waals surface area contributed by atoms with Crippen LogP contribution in [-0.2, 0) is 0 Å². The highest BCUT2D eigenvalue weighted by Crippen LogP contribution is 2.51. The summed E-state index contributed by atoms with van der Waals surface area (Å²) in [5.74, 6) is 0.840. The second-order valence-corrected chi connectivity index (χ2v) is 17.8. The standard InChI is InChI=1S/C52H26N4S2/c1-3-14-33-28(10-1)29-11-2-4-15-34(29)50-49(33)53-48(27-20-21-32-31-13-6-8-19-40(31)57-43(32)26-27)52(54-50)56-38-18-9-17-37-44(38)45-39(56)23-25-41-46(45)47-42(58-41)24-22-35-30-12-5-7-16-36(30)55(37)51(35)47/h1-26H. The van der Waals surface area contributed by atoms with Gasteiger partial charge < -0.3 is 4.40 Å². The Kier molecular flexibility index (Phi) is 5.41. The second kappa shape index (κ2) is 10.4. The summed E-state index contributed by atoms with van der Waals surface area (Å²) in [6.45, 7) is 0. The number of aromatic nitrogens is 4. The molecule has 0 atom stereocenters. The van der Waals surface area contributed by atoms with Gasteiger partial charge in [-0.25, -0.2) is 9.97 Å². The van der Waals surface area contributed by atoms with Crippen molar-refractivity contribution in [1.82, 2.24) is 18.9 Å². The first-order valence-corrected chi connectivity index (χ1v) is 21.3. The first-order valence-electron chi connectivity index (χ1n) is 19.7. The normalized spacial score (nSPS) is 12.8. The van der Waals surface area contributed by atoms with E-state index in [-0.39, 0.29) is 0 Å². The van der Waals surface area contributed by atoms with Gasteiger partial charge in [-0.3, -0.25) is 4.57 Å². The van der Waals surface area contributed by atoms with Crippen LogP contribution in [0, 0.1) is 0 Å². The van der Waals surface area contributed by atoms with E-state index in [1.54, 1.807) is 0 Å². The minimum Gasteiger partial charge on any atom is -0.308 e. The predicted molar refractivity (Wildman–Crippen MR) is 248 cm³/mol. The van der Waals surface area contributed by atoms with E-state index in [1.165, 1.54) is 89.2 Å². The third-order valence-electron chi connectivity index (χ3n) is 12.8. The van der Waals surface area contributed by atoms with E-state index in [0.717, 1.165) is 49.9 Å². The van der Waals surface area contributed by atoms with Crippen molar-refractivity contribution >= 4 is 145 Å². The number of hydrogen-bond donors (Lipinski definition) is 0. The molecule has 0 aliphatic carbocycles. The van der Waals surface area contributed by atoms with Crippen molar-refractivity contribution in [2.75, 3.05) is 0 Å². The lowest BCUT2D eigenvalue weighted by atomic mass is 9.99. The van der Waals surface area contributed by atoms with Crippen molar-refractivity contribution in [2.24, 2.45) is 0 Å². The predicted octanol–water partition coefficient (Wildman–Crippen LogP) is 14.9.